The second-order valence-corrected chi connectivity index (χ2v) is 5.40. The first-order valence-corrected chi connectivity index (χ1v) is 6.83. The normalized spacial score (nSPS) is 23.7. The Morgan fingerprint density at radius 2 is 1.94 bits per heavy atom. The molecule has 1 saturated carbocycles. The summed E-state index contributed by atoms with van der Waals surface area (Å²) in [5, 5.41) is 0.594. The lowest BCUT2D eigenvalue weighted by Crippen LogP contribution is -2.34. The Bertz CT molecular complexity index is 437. The van der Waals surface area contributed by atoms with Crippen molar-refractivity contribution in [3.8, 4) is 0 Å². The number of hydrogen-bond acceptors (Lipinski definition) is 4. The molecule has 1 aliphatic carbocycles. The monoisotopic (exact) mass is 268 g/mol. The van der Waals surface area contributed by atoms with Gasteiger partial charge >= 0.3 is 0 Å². The van der Waals surface area contributed by atoms with Gasteiger partial charge in [0.05, 0.1) is 13.2 Å². The highest BCUT2D eigenvalue weighted by atomic mass is 35.5. The second kappa shape index (κ2) is 4.76. The lowest BCUT2D eigenvalue weighted by molar-refractivity contribution is -0.178. The van der Waals surface area contributed by atoms with Gasteiger partial charge in [0, 0.05) is 24.6 Å². The quantitative estimate of drug-likeness (QED) is 0.735. The molecule has 98 valence electrons. The number of nitrogens with zero attached hydrogens (tertiary/aromatic N) is 2. The van der Waals surface area contributed by atoms with Gasteiger partial charge in [-0.1, -0.05) is 11.6 Å². The van der Waals surface area contributed by atoms with Crippen molar-refractivity contribution >= 4 is 11.6 Å². The van der Waals surface area contributed by atoms with Crippen LogP contribution in [-0.4, -0.2) is 29.0 Å². The summed E-state index contributed by atoms with van der Waals surface area (Å²) in [5.41, 5.74) is 1.06. The summed E-state index contributed by atoms with van der Waals surface area (Å²) < 4.78 is 11.5. The van der Waals surface area contributed by atoms with Crippen LogP contribution in [0.25, 0.3) is 0 Å². The van der Waals surface area contributed by atoms with Gasteiger partial charge in [-0.3, -0.25) is 0 Å². The highest BCUT2D eigenvalue weighted by Gasteiger charge is 2.40. The van der Waals surface area contributed by atoms with E-state index in [9.17, 15) is 0 Å². The third-order valence-corrected chi connectivity index (χ3v) is 4.19. The third-order valence-electron chi connectivity index (χ3n) is 3.89. The van der Waals surface area contributed by atoms with Gasteiger partial charge < -0.3 is 9.47 Å². The minimum absolute atomic E-state index is 0.311. The van der Waals surface area contributed by atoms with Crippen LogP contribution in [-0.2, 0) is 9.47 Å². The van der Waals surface area contributed by atoms with Gasteiger partial charge in [-0.15, -0.1) is 0 Å². The zero-order chi connectivity index (χ0) is 12.6. The van der Waals surface area contributed by atoms with Crippen molar-refractivity contribution in [3.63, 3.8) is 0 Å². The number of aryl methyl sites for hydroxylation is 1. The van der Waals surface area contributed by atoms with Crippen molar-refractivity contribution in [1.29, 1.82) is 0 Å². The average Bonchev–Trinajstić information content (AvgIpc) is 2.80. The molecule has 0 N–H and O–H groups in total. The van der Waals surface area contributed by atoms with Gasteiger partial charge in [0.2, 0.25) is 0 Å². The van der Waals surface area contributed by atoms with Crippen LogP contribution in [0.3, 0.4) is 0 Å². The highest BCUT2D eigenvalue weighted by molar-refractivity contribution is 6.30. The molecule has 18 heavy (non-hydrogen) atoms. The van der Waals surface area contributed by atoms with E-state index in [2.05, 4.69) is 9.97 Å². The molecule has 2 heterocycles. The van der Waals surface area contributed by atoms with E-state index in [1.54, 1.807) is 0 Å². The van der Waals surface area contributed by atoms with Crippen LogP contribution in [0.2, 0.25) is 5.15 Å². The van der Waals surface area contributed by atoms with E-state index in [1.807, 2.05) is 13.1 Å². The fraction of sp³-hybridized carbons (Fsp3) is 0.692. The molecule has 2 aliphatic rings. The van der Waals surface area contributed by atoms with Gasteiger partial charge in [-0.05, 0) is 25.7 Å². The molecule has 1 aromatic rings. The molecule has 0 amide bonds. The molecule has 4 nitrogen and oxygen atoms in total. The lowest BCUT2D eigenvalue weighted by Gasteiger charge is -2.35. The summed E-state index contributed by atoms with van der Waals surface area (Å²) in [6.07, 6.45) is 5.77. The molecule has 2 fully saturated rings. The fourth-order valence-electron chi connectivity index (χ4n) is 2.88. The topological polar surface area (TPSA) is 44.2 Å². The summed E-state index contributed by atoms with van der Waals surface area (Å²) in [5.74, 6) is 0.837. The van der Waals surface area contributed by atoms with Crippen molar-refractivity contribution in [1.82, 2.24) is 9.97 Å². The van der Waals surface area contributed by atoms with E-state index >= 15 is 0 Å². The number of halogens is 1. The molecule has 1 spiro atoms. The molecule has 5 heteroatoms. The maximum Gasteiger partial charge on any atom is 0.168 e. The molecule has 0 atom stereocenters. The van der Waals surface area contributed by atoms with E-state index in [0.29, 0.717) is 11.1 Å². The molecule has 0 radical (unpaired) electrons. The first kappa shape index (κ1) is 12.3. The summed E-state index contributed by atoms with van der Waals surface area (Å²) in [6.45, 7) is 3.30. The standard InChI is InChI=1S/C13H17ClN2O2/c1-9-15-8-11(12(14)16-9)10-2-4-13(5-3-10)17-6-7-18-13/h8,10H,2-7H2,1H3. The number of ether oxygens (including phenoxy) is 2. The van der Waals surface area contributed by atoms with E-state index in [1.165, 1.54) is 0 Å². The minimum Gasteiger partial charge on any atom is -0.348 e. The number of rotatable bonds is 1. The minimum atomic E-state index is -0.311. The largest absolute Gasteiger partial charge is 0.348 e. The Balaban J connectivity index is 1.72. The zero-order valence-corrected chi connectivity index (χ0v) is 11.2. The van der Waals surface area contributed by atoms with Gasteiger partial charge in [-0.2, -0.15) is 0 Å². The van der Waals surface area contributed by atoms with Gasteiger partial charge in [-0.25, -0.2) is 9.97 Å². The van der Waals surface area contributed by atoms with E-state index in [0.717, 1.165) is 50.3 Å². The Kier molecular flexibility index (Phi) is 3.26. The van der Waals surface area contributed by atoms with Crippen molar-refractivity contribution < 1.29 is 9.47 Å². The maximum absolute atomic E-state index is 6.20. The molecule has 1 aromatic heterocycles. The molecule has 0 bridgehead atoms. The molecule has 3 rings (SSSR count). The Hall–Kier alpha value is -0.710. The predicted octanol–water partition coefficient (Wildman–Crippen LogP) is 2.84. The lowest BCUT2D eigenvalue weighted by atomic mass is 9.82. The van der Waals surface area contributed by atoms with Crippen LogP contribution in [0, 0.1) is 6.92 Å². The SMILES string of the molecule is Cc1ncc(C2CCC3(CC2)OCCO3)c(Cl)n1. The Morgan fingerprint density at radius 3 is 2.56 bits per heavy atom. The van der Waals surface area contributed by atoms with Crippen molar-refractivity contribution in [2.45, 2.75) is 44.3 Å². The van der Waals surface area contributed by atoms with Crippen LogP contribution in [0.15, 0.2) is 6.20 Å². The first-order valence-electron chi connectivity index (χ1n) is 6.45. The molecule has 0 unspecified atom stereocenters. The van der Waals surface area contributed by atoms with E-state index < -0.39 is 0 Å². The van der Waals surface area contributed by atoms with Gasteiger partial charge in [0.25, 0.3) is 0 Å². The van der Waals surface area contributed by atoms with Gasteiger partial charge in [0.15, 0.2) is 5.79 Å². The summed E-state index contributed by atoms with van der Waals surface area (Å²) in [6, 6.07) is 0. The molecular formula is C13H17ClN2O2. The maximum atomic E-state index is 6.20. The van der Waals surface area contributed by atoms with Crippen molar-refractivity contribution in [3.05, 3.63) is 22.7 Å². The number of aromatic nitrogens is 2. The molecule has 1 saturated heterocycles. The summed E-state index contributed by atoms with van der Waals surface area (Å²) in [7, 11) is 0. The van der Waals surface area contributed by atoms with Crippen LogP contribution in [0.4, 0.5) is 0 Å². The van der Waals surface area contributed by atoms with Crippen LogP contribution in [0.1, 0.15) is 43.0 Å². The fourth-order valence-corrected chi connectivity index (χ4v) is 3.21. The second-order valence-electron chi connectivity index (χ2n) is 5.05. The number of hydrogen-bond donors (Lipinski definition) is 0. The smallest absolute Gasteiger partial charge is 0.168 e. The first-order chi connectivity index (χ1) is 8.69. The van der Waals surface area contributed by atoms with Crippen LogP contribution < -0.4 is 0 Å². The predicted molar refractivity (Wildman–Crippen MR) is 67.6 cm³/mol. The van der Waals surface area contributed by atoms with E-state index in [4.69, 9.17) is 21.1 Å². The molecule has 0 aromatic carbocycles. The molecule has 1 aliphatic heterocycles. The average molecular weight is 269 g/mol. The van der Waals surface area contributed by atoms with E-state index in [-0.39, 0.29) is 5.79 Å². The van der Waals surface area contributed by atoms with Crippen molar-refractivity contribution in [2.75, 3.05) is 13.2 Å². The zero-order valence-electron chi connectivity index (χ0n) is 10.5. The van der Waals surface area contributed by atoms with Crippen LogP contribution >= 0.6 is 11.6 Å². The highest BCUT2D eigenvalue weighted by Crippen LogP contribution is 2.43. The van der Waals surface area contributed by atoms with Gasteiger partial charge in [0.1, 0.15) is 11.0 Å². The van der Waals surface area contributed by atoms with Crippen molar-refractivity contribution in [2.24, 2.45) is 0 Å². The summed E-state index contributed by atoms with van der Waals surface area (Å²) in [4.78, 5) is 8.48. The summed E-state index contributed by atoms with van der Waals surface area (Å²) >= 11 is 6.20. The third kappa shape index (κ3) is 2.25. The Labute approximate surface area is 112 Å². The molecular weight excluding hydrogens is 252 g/mol. The van der Waals surface area contributed by atoms with Crippen LogP contribution in [0.5, 0.6) is 0 Å². The Morgan fingerprint density at radius 1 is 1.28 bits per heavy atom.